The molecule has 1 amide bonds. The van der Waals surface area contributed by atoms with Crippen LogP contribution in [0.4, 0.5) is 0 Å². The predicted molar refractivity (Wildman–Crippen MR) is 131 cm³/mol. The Morgan fingerprint density at radius 2 is 2.03 bits per heavy atom. The van der Waals surface area contributed by atoms with E-state index in [4.69, 9.17) is 14.2 Å². The first kappa shape index (κ1) is 22.9. The first-order valence-electron chi connectivity index (χ1n) is 10.8. The van der Waals surface area contributed by atoms with E-state index in [9.17, 15) is 4.79 Å². The third-order valence-corrected chi connectivity index (χ3v) is 6.24. The summed E-state index contributed by atoms with van der Waals surface area (Å²) < 4.78 is 16.9. The van der Waals surface area contributed by atoms with Crippen molar-refractivity contribution in [2.45, 2.75) is 12.6 Å². The monoisotopic (exact) mass is 464 g/mol. The van der Waals surface area contributed by atoms with Crippen LogP contribution in [0.3, 0.4) is 0 Å². The number of methoxy groups -OCH3 is 2. The lowest BCUT2D eigenvalue weighted by Gasteiger charge is -2.23. The number of amides is 1. The van der Waals surface area contributed by atoms with Crippen LogP contribution in [0, 0.1) is 0 Å². The Hall–Kier alpha value is -3.29. The number of thiophene rings is 1. The van der Waals surface area contributed by atoms with Gasteiger partial charge >= 0.3 is 0 Å². The van der Waals surface area contributed by atoms with E-state index in [-0.39, 0.29) is 12.0 Å². The molecular formula is C26H28N2O4S. The molecule has 7 heteroatoms. The second-order valence-corrected chi connectivity index (χ2v) is 8.52. The molecule has 0 spiro atoms. The second-order valence-electron chi connectivity index (χ2n) is 7.74. The quantitative estimate of drug-likeness (QED) is 0.497. The Balaban J connectivity index is 1.34. The van der Waals surface area contributed by atoms with Crippen molar-refractivity contribution in [1.29, 1.82) is 0 Å². The normalized spacial score (nSPS) is 16.0. The van der Waals surface area contributed by atoms with Crippen molar-refractivity contribution >= 4 is 23.3 Å². The molecule has 33 heavy (non-hydrogen) atoms. The highest BCUT2D eigenvalue weighted by Gasteiger charge is 2.24. The van der Waals surface area contributed by atoms with Gasteiger partial charge in [-0.1, -0.05) is 24.3 Å². The molecule has 1 aliphatic rings. The molecule has 1 unspecified atom stereocenters. The average Bonchev–Trinajstić information content (AvgIpc) is 3.31. The number of para-hydroxylation sites is 1. The van der Waals surface area contributed by atoms with Crippen LogP contribution in [0.1, 0.15) is 22.8 Å². The Morgan fingerprint density at radius 1 is 1.18 bits per heavy atom. The number of fused-ring (bicyclic) bond motifs is 1. The van der Waals surface area contributed by atoms with E-state index in [1.807, 2.05) is 36.4 Å². The maximum absolute atomic E-state index is 12.4. The van der Waals surface area contributed by atoms with Gasteiger partial charge in [-0.05, 0) is 46.7 Å². The molecule has 2 aromatic carbocycles. The molecule has 0 saturated carbocycles. The van der Waals surface area contributed by atoms with Crippen LogP contribution in [0.25, 0.3) is 6.08 Å². The van der Waals surface area contributed by atoms with Crippen molar-refractivity contribution in [1.82, 2.24) is 10.2 Å². The van der Waals surface area contributed by atoms with Gasteiger partial charge in [-0.15, -0.1) is 0 Å². The van der Waals surface area contributed by atoms with Gasteiger partial charge in [0.1, 0.15) is 11.9 Å². The van der Waals surface area contributed by atoms with Gasteiger partial charge in [-0.3, -0.25) is 9.69 Å². The smallest absolute Gasteiger partial charge is 0.244 e. The van der Waals surface area contributed by atoms with Crippen molar-refractivity contribution < 1.29 is 19.0 Å². The number of hydrogen-bond acceptors (Lipinski definition) is 6. The van der Waals surface area contributed by atoms with Crippen molar-refractivity contribution in [3.63, 3.8) is 0 Å². The summed E-state index contributed by atoms with van der Waals surface area (Å²) in [5.41, 5.74) is 3.21. The van der Waals surface area contributed by atoms with E-state index in [2.05, 4.69) is 33.1 Å². The van der Waals surface area contributed by atoms with Crippen LogP contribution >= 0.6 is 11.3 Å². The zero-order chi connectivity index (χ0) is 23.0. The highest BCUT2D eigenvalue weighted by Crippen LogP contribution is 2.31. The minimum atomic E-state index is -0.134. The van der Waals surface area contributed by atoms with E-state index in [0.29, 0.717) is 18.0 Å². The van der Waals surface area contributed by atoms with Crippen LogP contribution in [0.5, 0.6) is 17.2 Å². The SMILES string of the molecule is COc1ccc(/C=C/C(=O)NCCN2Cc3ccccc3OC(c3ccsc3)C2)cc1OC. The molecule has 1 aliphatic heterocycles. The molecule has 4 rings (SSSR count). The molecular weight excluding hydrogens is 436 g/mol. The maximum atomic E-state index is 12.4. The van der Waals surface area contributed by atoms with Crippen LogP contribution in [-0.2, 0) is 11.3 Å². The van der Waals surface area contributed by atoms with Gasteiger partial charge in [0.15, 0.2) is 11.5 Å². The van der Waals surface area contributed by atoms with Crippen LogP contribution < -0.4 is 19.5 Å². The summed E-state index contributed by atoms with van der Waals surface area (Å²) in [6.07, 6.45) is 3.27. The Labute approximate surface area is 198 Å². The maximum Gasteiger partial charge on any atom is 0.244 e. The Kier molecular flexibility index (Phi) is 7.65. The van der Waals surface area contributed by atoms with Crippen molar-refractivity contribution in [2.24, 2.45) is 0 Å². The number of nitrogens with one attached hydrogen (secondary N) is 1. The second kappa shape index (κ2) is 11.0. The minimum Gasteiger partial charge on any atom is -0.493 e. The number of hydrogen-bond donors (Lipinski definition) is 1. The average molecular weight is 465 g/mol. The molecule has 0 aliphatic carbocycles. The predicted octanol–water partition coefficient (Wildman–Crippen LogP) is 4.53. The van der Waals surface area contributed by atoms with Gasteiger partial charge in [0.05, 0.1) is 14.2 Å². The third kappa shape index (κ3) is 5.94. The zero-order valence-corrected chi connectivity index (χ0v) is 19.6. The van der Waals surface area contributed by atoms with Crippen molar-refractivity contribution in [3.05, 3.63) is 82.1 Å². The lowest BCUT2D eigenvalue weighted by molar-refractivity contribution is -0.116. The molecule has 1 N–H and O–H groups in total. The standard InChI is InChI=1S/C26H28N2O4S/c1-30-23-9-7-19(15-24(23)31-2)8-10-26(29)27-12-13-28-16-20-5-3-4-6-22(20)32-25(17-28)21-11-14-33-18-21/h3-11,14-15,18,25H,12-13,16-17H2,1-2H3,(H,27,29)/b10-8+. The summed E-state index contributed by atoms with van der Waals surface area (Å²) in [6.45, 7) is 2.83. The Morgan fingerprint density at radius 3 is 2.82 bits per heavy atom. The van der Waals surface area contributed by atoms with E-state index in [0.717, 1.165) is 36.5 Å². The first-order valence-corrected chi connectivity index (χ1v) is 11.8. The van der Waals surface area contributed by atoms with E-state index in [1.165, 1.54) is 11.6 Å². The van der Waals surface area contributed by atoms with Crippen molar-refractivity contribution in [2.75, 3.05) is 33.9 Å². The van der Waals surface area contributed by atoms with Gasteiger partial charge in [0, 0.05) is 43.4 Å². The molecule has 6 nitrogen and oxygen atoms in total. The number of carbonyl (C=O) groups is 1. The third-order valence-electron chi connectivity index (χ3n) is 5.54. The van der Waals surface area contributed by atoms with Crippen LogP contribution in [-0.4, -0.2) is 44.7 Å². The van der Waals surface area contributed by atoms with E-state index < -0.39 is 0 Å². The summed E-state index contributed by atoms with van der Waals surface area (Å²) in [5.74, 6) is 2.08. The van der Waals surface area contributed by atoms with Gasteiger partial charge in [0.2, 0.25) is 5.91 Å². The zero-order valence-electron chi connectivity index (χ0n) is 18.8. The largest absolute Gasteiger partial charge is 0.493 e. The first-order chi connectivity index (χ1) is 16.2. The van der Waals surface area contributed by atoms with E-state index >= 15 is 0 Å². The van der Waals surface area contributed by atoms with Crippen molar-refractivity contribution in [3.8, 4) is 17.2 Å². The number of nitrogens with zero attached hydrogens (tertiary/aromatic N) is 1. The van der Waals surface area contributed by atoms with Crippen LogP contribution in [0.2, 0.25) is 0 Å². The molecule has 0 bridgehead atoms. The van der Waals surface area contributed by atoms with Gasteiger partial charge in [0.25, 0.3) is 0 Å². The fourth-order valence-corrected chi connectivity index (χ4v) is 4.51. The highest BCUT2D eigenvalue weighted by molar-refractivity contribution is 7.07. The molecule has 0 saturated heterocycles. The van der Waals surface area contributed by atoms with E-state index in [1.54, 1.807) is 31.6 Å². The minimum absolute atomic E-state index is 0.0273. The number of benzene rings is 2. The number of rotatable bonds is 8. The summed E-state index contributed by atoms with van der Waals surface area (Å²) in [5, 5.41) is 7.19. The summed E-state index contributed by atoms with van der Waals surface area (Å²) >= 11 is 1.67. The Bertz CT molecular complexity index is 1100. The number of ether oxygens (including phenoxy) is 3. The number of carbonyl (C=O) groups excluding carboxylic acids is 1. The summed E-state index contributed by atoms with van der Waals surface area (Å²) in [6, 6.07) is 15.8. The molecule has 0 fully saturated rings. The topological polar surface area (TPSA) is 60.0 Å². The molecule has 1 atom stereocenters. The molecule has 0 radical (unpaired) electrons. The summed E-state index contributed by atoms with van der Waals surface area (Å²) in [4.78, 5) is 14.7. The van der Waals surface area contributed by atoms with Gasteiger partial charge in [-0.25, -0.2) is 0 Å². The lowest BCUT2D eigenvalue weighted by atomic mass is 10.2. The van der Waals surface area contributed by atoms with Crippen LogP contribution in [0.15, 0.2) is 65.4 Å². The lowest BCUT2D eigenvalue weighted by Crippen LogP contribution is -2.36. The fraction of sp³-hybridized carbons (Fsp3) is 0.269. The van der Waals surface area contributed by atoms with Gasteiger partial charge < -0.3 is 19.5 Å². The highest BCUT2D eigenvalue weighted by atomic mass is 32.1. The molecule has 172 valence electrons. The summed E-state index contributed by atoms with van der Waals surface area (Å²) in [7, 11) is 3.19. The van der Waals surface area contributed by atoms with Gasteiger partial charge in [-0.2, -0.15) is 11.3 Å². The molecule has 3 aromatic rings. The fourth-order valence-electron chi connectivity index (χ4n) is 3.81. The molecule has 2 heterocycles. The molecule has 1 aromatic heterocycles.